The molecule has 0 N–H and O–H groups in total. The normalized spacial score (nSPS) is 16.3. The zero-order valence-electron chi connectivity index (χ0n) is 55.6. The van der Waals surface area contributed by atoms with E-state index >= 15 is 0 Å². The van der Waals surface area contributed by atoms with E-state index in [1.165, 1.54) is 22.3 Å². The van der Waals surface area contributed by atoms with Gasteiger partial charge in [-0.1, -0.05) is 192 Å². The van der Waals surface area contributed by atoms with Gasteiger partial charge in [0.15, 0.2) is 0 Å². The van der Waals surface area contributed by atoms with Gasteiger partial charge in [-0.05, 0) is 145 Å². The molecular formula is C76H77N4OPt-3. The third-order valence-corrected chi connectivity index (χ3v) is 17.0. The Morgan fingerprint density at radius 2 is 1.18 bits per heavy atom. The molecule has 5 nitrogen and oxygen atoms in total. The van der Waals surface area contributed by atoms with Crippen LogP contribution in [0, 0.1) is 32.5 Å². The van der Waals surface area contributed by atoms with Crippen LogP contribution >= 0.6 is 0 Å². The predicted octanol–water partition coefficient (Wildman–Crippen LogP) is 20.8. The third-order valence-electron chi connectivity index (χ3n) is 17.0. The van der Waals surface area contributed by atoms with Gasteiger partial charge in [-0.3, -0.25) is 0 Å². The Balaban J connectivity index is 0.00000800. The van der Waals surface area contributed by atoms with Crippen LogP contribution in [0.25, 0.3) is 61.0 Å². The molecule has 0 unspecified atom stereocenters. The molecule has 1 aliphatic carbocycles. The number of nitrogens with zero attached hydrogens (tertiary/aromatic N) is 4. The van der Waals surface area contributed by atoms with Crippen molar-refractivity contribution in [1.29, 1.82) is 0 Å². The van der Waals surface area contributed by atoms with E-state index in [0.29, 0.717) is 44.7 Å². The Morgan fingerprint density at radius 3 is 1.87 bits per heavy atom. The molecule has 2 aromatic heterocycles. The molecule has 0 saturated carbocycles. The van der Waals surface area contributed by atoms with Crippen molar-refractivity contribution in [2.45, 2.75) is 144 Å². The number of anilines is 4. The number of pyridine rings is 1. The van der Waals surface area contributed by atoms with Crippen LogP contribution in [0.15, 0.2) is 164 Å². The van der Waals surface area contributed by atoms with Crippen LogP contribution in [0.5, 0.6) is 11.5 Å². The second-order valence-electron chi connectivity index (χ2n) is 26.9. The van der Waals surface area contributed by atoms with E-state index in [9.17, 15) is 0 Å². The topological polar surface area (TPSA) is 33.5 Å². The second-order valence-corrected chi connectivity index (χ2v) is 26.9. The molecule has 82 heavy (non-hydrogen) atoms. The number of fused-ring (bicyclic) bond motifs is 5. The van der Waals surface area contributed by atoms with E-state index in [2.05, 4.69) is 210 Å². The number of para-hydroxylation sites is 2. The maximum absolute atomic E-state index is 9.02. The van der Waals surface area contributed by atoms with Crippen LogP contribution in [-0.4, -0.2) is 9.55 Å². The summed E-state index contributed by atoms with van der Waals surface area (Å²) in [7, 11) is 0. The van der Waals surface area contributed by atoms with Crippen LogP contribution in [0.1, 0.15) is 150 Å². The molecule has 6 heteroatoms. The maximum atomic E-state index is 9.02. The summed E-state index contributed by atoms with van der Waals surface area (Å²) in [6.07, 6.45) is 3.68. The Hall–Kier alpha value is -7.20. The van der Waals surface area contributed by atoms with Crippen LogP contribution in [0.2, 0.25) is 0 Å². The van der Waals surface area contributed by atoms with Crippen LogP contribution < -0.4 is 14.5 Å². The van der Waals surface area contributed by atoms with Crippen molar-refractivity contribution >= 4 is 44.6 Å². The quantitative estimate of drug-likeness (QED) is 0.142. The Bertz CT molecular complexity index is 4310. The van der Waals surface area contributed by atoms with Gasteiger partial charge in [-0.2, -0.15) is 12.1 Å². The summed E-state index contributed by atoms with van der Waals surface area (Å²) in [6, 6.07) is 60.9. The van der Waals surface area contributed by atoms with E-state index in [1.54, 1.807) is 30.5 Å². The molecule has 2 aliphatic rings. The smallest absolute Gasteiger partial charge is 0.135 e. The van der Waals surface area contributed by atoms with Gasteiger partial charge in [0.2, 0.25) is 0 Å². The summed E-state index contributed by atoms with van der Waals surface area (Å²) in [4.78, 5) is 9.61. The van der Waals surface area contributed by atoms with Crippen molar-refractivity contribution in [3.05, 3.63) is 222 Å². The van der Waals surface area contributed by atoms with E-state index in [1.807, 2.05) is 47.0 Å². The zero-order valence-corrected chi connectivity index (χ0v) is 51.9. The molecule has 0 bridgehead atoms. The van der Waals surface area contributed by atoms with Gasteiger partial charge in [0.25, 0.3) is 0 Å². The molecule has 0 spiro atoms. The monoisotopic (exact) mass is 1260 g/mol. The van der Waals surface area contributed by atoms with Gasteiger partial charge in [0.05, 0.1) is 0 Å². The van der Waals surface area contributed by atoms with Crippen LogP contribution in [0.4, 0.5) is 22.7 Å². The fourth-order valence-corrected chi connectivity index (χ4v) is 12.2. The molecule has 8 aromatic carbocycles. The molecule has 3 heterocycles. The van der Waals surface area contributed by atoms with Crippen molar-refractivity contribution in [3.8, 4) is 50.7 Å². The molecule has 0 atom stereocenters. The van der Waals surface area contributed by atoms with Gasteiger partial charge < -0.3 is 19.1 Å². The minimum atomic E-state index is -2.52. The maximum Gasteiger partial charge on any atom is 0.135 e. The minimum Gasteiger partial charge on any atom is -0.509 e. The van der Waals surface area contributed by atoms with Gasteiger partial charge in [0, 0.05) is 86.3 Å². The summed E-state index contributed by atoms with van der Waals surface area (Å²) >= 11 is 0. The van der Waals surface area contributed by atoms with Crippen molar-refractivity contribution in [2.75, 3.05) is 9.80 Å². The Kier molecular flexibility index (Phi) is 12.4. The van der Waals surface area contributed by atoms with Crippen molar-refractivity contribution in [1.82, 2.24) is 9.55 Å². The standard InChI is InChI=1S/C76H77N4O.Pt/c1-48-31-34-65-62(37-48)58-33-32-57(45-68(58)80(65)69-38-49(2)63(46-77-69)59-27-22-28-64-70(59)76(14,15)36-35-75(64,12)13)81-56-26-21-25-55(44-56)78-47-79(67-30-20-19-29-66(67)78)71-60(50-23-17-16-18-24-50)42-54(74(9,10)11)43-61(71)51-39-52(72(3,4)5)41-53(40-51)73(6,7)8;/h16-34,37-43,46-47H,35-36H2,1-15H3;/q-3;/i1D3,2D3;. The predicted molar refractivity (Wildman–Crippen MR) is 341 cm³/mol. The number of aromatic nitrogens is 2. The van der Waals surface area contributed by atoms with E-state index in [0.717, 1.165) is 69.0 Å². The SMILES string of the molecule is [2H]C([2H])([2H])c1ccc2c(c1)c1ccc(Oc3[c-]c(N4[CH-]N(c5c(-c6ccccc6)cc(C(C)(C)C)cc5-c5cc(C(C)(C)C)cc(C(C)(C)C)c5)c5ccccc54)ccc3)[c-]c1n2-c1cc(C([2H])([2H])[2H])c(-c2cccc3c2C(C)(C)CCC3(C)C)cn1.[Pt]. The van der Waals surface area contributed by atoms with Crippen LogP contribution in [0.3, 0.4) is 0 Å². The van der Waals surface area contributed by atoms with E-state index in [-0.39, 0.29) is 59.3 Å². The number of hydrogen-bond donors (Lipinski definition) is 0. The fraction of sp³-hybridized carbons (Fsp3) is 0.289. The molecular weight excluding hydrogens is 1180 g/mol. The zero-order chi connectivity index (χ0) is 62.1. The Labute approximate surface area is 511 Å². The first-order chi connectivity index (χ1) is 40.8. The summed E-state index contributed by atoms with van der Waals surface area (Å²) in [5.41, 5.74) is 16.8. The molecule has 0 saturated heterocycles. The summed E-state index contributed by atoms with van der Waals surface area (Å²) in [5.74, 6) is 1.17. The van der Waals surface area contributed by atoms with Gasteiger partial charge >= 0.3 is 0 Å². The number of rotatable bonds is 8. The second kappa shape index (κ2) is 20.6. The molecule has 12 rings (SSSR count). The summed E-state index contributed by atoms with van der Waals surface area (Å²) < 4.78 is 60.8. The first-order valence-electron chi connectivity index (χ1n) is 31.6. The first kappa shape index (κ1) is 49.4. The number of ether oxygens (including phenoxy) is 1. The third kappa shape index (κ3) is 10.2. The summed E-state index contributed by atoms with van der Waals surface area (Å²) in [6.45, 7) is 26.9. The molecule has 10 aromatic rings. The average Bonchev–Trinajstić information content (AvgIpc) is 1.30. The van der Waals surface area contributed by atoms with Gasteiger partial charge in [-0.25, -0.2) is 4.98 Å². The summed E-state index contributed by atoms with van der Waals surface area (Å²) in [5, 5.41) is 1.37. The van der Waals surface area contributed by atoms with Crippen molar-refractivity contribution in [2.24, 2.45) is 0 Å². The van der Waals surface area contributed by atoms with Crippen LogP contribution in [-0.2, 0) is 48.1 Å². The van der Waals surface area contributed by atoms with Crippen molar-refractivity contribution < 1.29 is 34.0 Å². The number of hydrogen-bond acceptors (Lipinski definition) is 4. The number of aryl methyl sites for hydroxylation is 2. The molecule has 420 valence electrons. The average molecular weight is 1260 g/mol. The fourth-order valence-electron chi connectivity index (χ4n) is 12.2. The van der Waals surface area contributed by atoms with E-state index < -0.39 is 13.7 Å². The van der Waals surface area contributed by atoms with E-state index in [4.69, 9.17) is 17.9 Å². The van der Waals surface area contributed by atoms with Gasteiger partial charge in [-0.15, -0.1) is 48.1 Å². The molecule has 0 amide bonds. The molecule has 0 fully saturated rings. The van der Waals surface area contributed by atoms with Crippen molar-refractivity contribution in [3.63, 3.8) is 0 Å². The van der Waals surface area contributed by atoms with Gasteiger partial charge in [0.1, 0.15) is 5.82 Å². The minimum absolute atomic E-state index is 0. The number of benzene rings is 8. The molecule has 0 radical (unpaired) electrons. The molecule has 1 aliphatic heterocycles. The Morgan fingerprint density at radius 1 is 0.549 bits per heavy atom. The largest absolute Gasteiger partial charge is 0.509 e. The first-order valence-corrected chi connectivity index (χ1v) is 28.6.